The molecule has 94 valence electrons. The summed E-state index contributed by atoms with van der Waals surface area (Å²) in [7, 11) is 0. The van der Waals surface area contributed by atoms with Gasteiger partial charge in [-0.1, -0.05) is 41.1 Å². The van der Waals surface area contributed by atoms with E-state index in [4.69, 9.17) is 5.84 Å². The van der Waals surface area contributed by atoms with Gasteiger partial charge < -0.3 is 0 Å². The quantitative estimate of drug-likeness (QED) is 0.348. The van der Waals surface area contributed by atoms with E-state index in [1.54, 1.807) is 11.8 Å². The van der Waals surface area contributed by atoms with Gasteiger partial charge >= 0.3 is 0 Å². The number of thioether (sulfide) groups is 1. The molecule has 4 heteroatoms. The van der Waals surface area contributed by atoms with E-state index in [9.17, 15) is 0 Å². The van der Waals surface area contributed by atoms with E-state index in [0.717, 1.165) is 23.1 Å². The minimum atomic E-state index is 0.284. The molecule has 0 saturated carbocycles. The molecule has 0 aliphatic heterocycles. The second-order valence-corrected chi connectivity index (χ2v) is 5.95. The maximum atomic E-state index is 5.56. The van der Waals surface area contributed by atoms with Crippen molar-refractivity contribution in [3.05, 3.63) is 40.9 Å². The largest absolute Gasteiger partial charge is 0.271 e. The highest BCUT2D eigenvalue weighted by Crippen LogP contribution is 2.23. The van der Waals surface area contributed by atoms with Gasteiger partial charge in [0, 0.05) is 21.2 Å². The molecular formula is C13H19BrN2S. The van der Waals surface area contributed by atoms with Crippen LogP contribution in [0.3, 0.4) is 0 Å². The van der Waals surface area contributed by atoms with Crippen molar-refractivity contribution in [1.29, 1.82) is 0 Å². The summed E-state index contributed by atoms with van der Waals surface area (Å²) in [6, 6.07) is 8.58. The lowest BCUT2D eigenvalue weighted by Crippen LogP contribution is -2.37. The number of hydrogen-bond acceptors (Lipinski definition) is 3. The molecule has 1 aromatic rings. The summed E-state index contributed by atoms with van der Waals surface area (Å²) in [6.07, 6.45) is 1.95. The van der Waals surface area contributed by atoms with Crippen molar-refractivity contribution in [2.75, 3.05) is 5.75 Å². The standard InChI is InChI=1S/C13H19BrN2S/c1-3-10(2)7-12(16-15)9-17-13-6-4-5-11(14)8-13/h4-6,8,12,16H,2-3,7,9,15H2,1H3. The van der Waals surface area contributed by atoms with Gasteiger partial charge in [0.1, 0.15) is 0 Å². The van der Waals surface area contributed by atoms with Crippen molar-refractivity contribution in [3.8, 4) is 0 Å². The van der Waals surface area contributed by atoms with Gasteiger partial charge in [-0.15, -0.1) is 11.8 Å². The Morgan fingerprint density at radius 3 is 2.94 bits per heavy atom. The van der Waals surface area contributed by atoms with E-state index in [1.165, 1.54) is 10.5 Å². The smallest absolute Gasteiger partial charge is 0.0341 e. The number of benzene rings is 1. The molecule has 0 fully saturated rings. The average Bonchev–Trinajstić information content (AvgIpc) is 2.34. The molecule has 0 amide bonds. The maximum Gasteiger partial charge on any atom is 0.0341 e. The van der Waals surface area contributed by atoms with Crippen LogP contribution in [-0.2, 0) is 0 Å². The van der Waals surface area contributed by atoms with Crippen LogP contribution in [0, 0.1) is 0 Å². The van der Waals surface area contributed by atoms with E-state index in [-0.39, 0.29) is 6.04 Å². The number of nitrogens with two attached hydrogens (primary N) is 1. The Morgan fingerprint density at radius 2 is 2.35 bits per heavy atom. The second kappa shape index (κ2) is 7.93. The third kappa shape index (κ3) is 5.73. The number of rotatable bonds is 7. The number of nitrogens with one attached hydrogen (secondary N) is 1. The lowest BCUT2D eigenvalue weighted by Gasteiger charge is -2.16. The number of hydrogen-bond donors (Lipinski definition) is 2. The summed E-state index contributed by atoms with van der Waals surface area (Å²) >= 11 is 5.28. The normalized spacial score (nSPS) is 12.4. The van der Waals surface area contributed by atoms with Gasteiger partial charge in [-0.25, -0.2) is 0 Å². The first-order valence-corrected chi connectivity index (χ1v) is 7.44. The number of hydrazine groups is 1. The van der Waals surface area contributed by atoms with Crippen LogP contribution in [0.5, 0.6) is 0 Å². The molecule has 0 aromatic heterocycles. The van der Waals surface area contributed by atoms with Crippen LogP contribution in [0.2, 0.25) is 0 Å². The van der Waals surface area contributed by atoms with Crippen molar-refractivity contribution in [3.63, 3.8) is 0 Å². The molecule has 1 atom stereocenters. The highest BCUT2D eigenvalue weighted by Gasteiger charge is 2.08. The SMILES string of the molecule is C=C(CC)CC(CSc1cccc(Br)c1)NN. The molecule has 0 aliphatic rings. The molecule has 0 saturated heterocycles. The van der Waals surface area contributed by atoms with Crippen molar-refractivity contribution < 1.29 is 0 Å². The van der Waals surface area contributed by atoms with Gasteiger partial charge in [-0.2, -0.15) is 0 Å². The van der Waals surface area contributed by atoms with E-state index in [0.29, 0.717) is 0 Å². The molecule has 0 spiro atoms. The molecule has 0 heterocycles. The van der Waals surface area contributed by atoms with Gasteiger partial charge in [-0.05, 0) is 31.0 Å². The van der Waals surface area contributed by atoms with Crippen LogP contribution in [-0.4, -0.2) is 11.8 Å². The predicted molar refractivity (Wildman–Crippen MR) is 80.0 cm³/mol. The lowest BCUT2D eigenvalue weighted by atomic mass is 10.1. The Balaban J connectivity index is 2.44. The van der Waals surface area contributed by atoms with Crippen molar-refractivity contribution in [2.24, 2.45) is 5.84 Å². The zero-order valence-corrected chi connectivity index (χ0v) is 12.5. The van der Waals surface area contributed by atoms with Gasteiger partial charge in [0.05, 0.1) is 0 Å². The summed E-state index contributed by atoms with van der Waals surface area (Å²) in [5, 5.41) is 0. The van der Waals surface area contributed by atoms with Crippen LogP contribution in [0.25, 0.3) is 0 Å². The Bertz CT molecular complexity index is 368. The topological polar surface area (TPSA) is 38.0 Å². The third-order valence-corrected chi connectivity index (χ3v) is 4.17. The fourth-order valence-electron chi connectivity index (χ4n) is 1.41. The lowest BCUT2D eigenvalue weighted by molar-refractivity contribution is 0.568. The molecule has 0 aliphatic carbocycles. The summed E-state index contributed by atoms with van der Waals surface area (Å²) in [4.78, 5) is 1.25. The van der Waals surface area contributed by atoms with E-state index < -0.39 is 0 Å². The van der Waals surface area contributed by atoms with Crippen LogP contribution in [0.15, 0.2) is 45.8 Å². The second-order valence-electron chi connectivity index (χ2n) is 3.94. The monoisotopic (exact) mass is 314 g/mol. The average molecular weight is 315 g/mol. The molecule has 0 bridgehead atoms. The highest BCUT2D eigenvalue weighted by atomic mass is 79.9. The molecule has 1 rings (SSSR count). The van der Waals surface area contributed by atoms with Gasteiger partial charge in [0.15, 0.2) is 0 Å². The van der Waals surface area contributed by atoms with Crippen LogP contribution >= 0.6 is 27.7 Å². The summed E-state index contributed by atoms with van der Waals surface area (Å²) in [5.41, 5.74) is 4.10. The molecule has 3 N–H and O–H groups in total. The molecule has 2 nitrogen and oxygen atoms in total. The predicted octanol–water partition coefficient (Wildman–Crippen LogP) is 3.73. The first-order valence-electron chi connectivity index (χ1n) is 5.66. The van der Waals surface area contributed by atoms with Crippen molar-refractivity contribution in [2.45, 2.75) is 30.7 Å². The molecular weight excluding hydrogens is 296 g/mol. The Morgan fingerprint density at radius 1 is 1.59 bits per heavy atom. The van der Waals surface area contributed by atoms with Crippen LogP contribution in [0.4, 0.5) is 0 Å². The van der Waals surface area contributed by atoms with Gasteiger partial charge in [0.2, 0.25) is 0 Å². The molecule has 1 aromatic carbocycles. The minimum Gasteiger partial charge on any atom is -0.271 e. The Kier molecular flexibility index (Phi) is 6.89. The first kappa shape index (κ1) is 14.8. The fourth-order valence-corrected chi connectivity index (χ4v) is 2.96. The minimum absolute atomic E-state index is 0.284. The highest BCUT2D eigenvalue weighted by molar-refractivity contribution is 9.10. The third-order valence-electron chi connectivity index (χ3n) is 2.52. The summed E-state index contributed by atoms with van der Waals surface area (Å²) in [6.45, 7) is 6.14. The van der Waals surface area contributed by atoms with Crippen molar-refractivity contribution >= 4 is 27.7 Å². The summed E-state index contributed by atoms with van der Waals surface area (Å²) < 4.78 is 1.11. The zero-order chi connectivity index (χ0) is 12.7. The molecule has 1 unspecified atom stereocenters. The maximum absolute atomic E-state index is 5.56. The number of halogens is 1. The van der Waals surface area contributed by atoms with Crippen LogP contribution in [0.1, 0.15) is 19.8 Å². The van der Waals surface area contributed by atoms with E-state index in [2.05, 4.69) is 47.0 Å². The Hall–Kier alpha value is -0.290. The summed E-state index contributed by atoms with van der Waals surface area (Å²) in [5.74, 6) is 6.51. The molecule has 0 radical (unpaired) electrons. The van der Waals surface area contributed by atoms with Gasteiger partial charge in [-0.3, -0.25) is 11.3 Å². The van der Waals surface area contributed by atoms with E-state index in [1.807, 2.05) is 12.1 Å². The van der Waals surface area contributed by atoms with Gasteiger partial charge in [0.25, 0.3) is 0 Å². The zero-order valence-electron chi connectivity index (χ0n) is 10.1. The Labute approximate surface area is 116 Å². The van der Waals surface area contributed by atoms with E-state index >= 15 is 0 Å². The van der Waals surface area contributed by atoms with Crippen LogP contribution < -0.4 is 11.3 Å². The molecule has 17 heavy (non-hydrogen) atoms. The van der Waals surface area contributed by atoms with Crippen molar-refractivity contribution in [1.82, 2.24) is 5.43 Å². The fraction of sp³-hybridized carbons (Fsp3) is 0.385. The first-order chi connectivity index (χ1) is 8.15.